The van der Waals surface area contributed by atoms with Crippen LogP contribution in [-0.2, 0) is 4.79 Å². The first kappa shape index (κ1) is 23.7. The number of carbonyl (C=O) groups excluding carboxylic acids is 1. The third kappa shape index (κ3) is 6.10. The van der Waals surface area contributed by atoms with E-state index in [1.165, 1.54) is 23.5 Å². The molecule has 0 unspecified atom stereocenters. The van der Waals surface area contributed by atoms with E-state index in [0.717, 1.165) is 15.7 Å². The van der Waals surface area contributed by atoms with E-state index in [9.17, 15) is 4.79 Å². The summed E-state index contributed by atoms with van der Waals surface area (Å²) in [6, 6.07) is 16.6. The van der Waals surface area contributed by atoms with Crippen LogP contribution in [0.5, 0.6) is 0 Å². The number of benzene rings is 2. The monoisotopic (exact) mass is 577 g/mol. The van der Waals surface area contributed by atoms with E-state index < -0.39 is 5.91 Å². The minimum Gasteiger partial charge on any atom is -0.457 e. The average Bonchev–Trinajstić information content (AvgIpc) is 3.44. The Labute approximate surface area is 217 Å². The molecule has 10 heteroatoms. The topological polar surface area (TPSA) is 67.2 Å². The van der Waals surface area contributed by atoms with Crippen molar-refractivity contribution in [2.24, 2.45) is 0 Å². The molecule has 0 atom stereocenters. The molecule has 0 fully saturated rings. The highest BCUT2D eigenvalue weighted by Crippen LogP contribution is 2.34. The van der Waals surface area contributed by atoms with Gasteiger partial charge in [-0.1, -0.05) is 57.3 Å². The second-order valence-electron chi connectivity index (χ2n) is 6.62. The van der Waals surface area contributed by atoms with Crippen molar-refractivity contribution in [1.29, 1.82) is 0 Å². The lowest BCUT2D eigenvalue weighted by atomic mass is 10.2. The Morgan fingerprint density at radius 1 is 1.12 bits per heavy atom. The van der Waals surface area contributed by atoms with Crippen LogP contribution in [0, 0.1) is 0 Å². The summed E-state index contributed by atoms with van der Waals surface area (Å²) in [5.74, 6) is 0.621. The van der Waals surface area contributed by atoms with Crippen LogP contribution in [-0.4, -0.2) is 16.0 Å². The van der Waals surface area contributed by atoms with Crippen LogP contribution in [0.1, 0.15) is 5.76 Å². The molecule has 4 aromatic rings. The molecule has 0 bridgehead atoms. The highest BCUT2D eigenvalue weighted by Gasteiger charge is 2.11. The largest absolute Gasteiger partial charge is 0.457 e. The SMILES string of the molecule is O=C(C=Cc1ccc(-c2cccc(Cl)c2Cl)o1)NC(=S)Nc1nc(-c2ccc(Br)cc2)cs1. The Balaban J connectivity index is 1.34. The van der Waals surface area contributed by atoms with Gasteiger partial charge in [-0.05, 0) is 54.7 Å². The van der Waals surface area contributed by atoms with E-state index in [4.69, 9.17) is 39.8 Å². The van der Waals surface area contributed by atoms with Crippen LogP contribution >= 0.6 is 62.7 Å². The molecule has 0 aliphatic heterocycles. The van der Waals surface area contributed by atoms with Gasteiger partial charge in [0, 0.05) is 27.1 Å². The minimum atomic E-state index is -0.407. The lowest BCUT2D eigenvalue weighted by Gasteiger charge is -2.04. The summed E-state index contributed by atoms with van der Waals surface area (Å²) in [6.07, 6.45) is 2.86. The Morgan fingerprint density at radius 3 is 2.70 bits per heavy atom. The average molecular weight is 579 g/mol. The number of halogens is 3. The molecular weight excluding hydrogens is 565 g/mol. The van der Waals surface area contributed by atoms with Crippen molar-refractivity contribution in [3.05, 3.63) is 86.3 Å². The Kier molecular flexibility index (Phi) is 7.62. The van der Waals surface area contributed by atoms with E-state index in [2.05, 4.69) is 31.5 Å². The van der Waals surface area contributed by atoms with Crippen molar-refractivity contribution >= 4 is 84.9 Å². The van der Waals surface area contributed by atoms with E-state index >= 15 is 0 Å². The molecule has 1 amide bonds. The maximum absolute atomic E-state index is 12.2. The van der Waals surface area contributed by atoms with Gasteiger partial charge in [-0.15, -0.1) is 11.3 Å². The van der Waals surface area contributed by atoms with Gasteiger partial charge in [0.15, 0.2) is 10.2 Å². The maximum atomic E-state index is 12.2. The van der Waals surface area contributed by atoms with Gasteiger partial charge in [-0.3, -0.25) is 10.1 Å². The van der Waals surface area contributed by atoms with E-state index in [1.54, 1.807) is 30.3 Å². The summed E-state index contributed by atoms with van der Waals surface area (Å²) in [5, 5.41) is 8.99. The van der Waals surface area contributed by atoms with Crippen LogP contribution in [0.25, 0.3) is 28.7 Å². The number of thiocarbonyl (C=S) groups is 1. The van der Waals surface area contributed by atoms with Crippen molar-refractivity contribution in [1.82, 2.24) is 10.3 Å². The molecule has 5 nitrogen and oxygen atoms in total. The molecule has 2 heterocycles. The van der Waals surface area contributed by atoms with E-state index in [1.807, 2.05) is 29.6 Å². The molecule has 2 N–H and O–H groups in total. The van der Waals surface area contributed by atoms with Crippen molar-refractivity contribution in [3.8, 4) is 22.6 Å². The van der Waals surface area contributed by atoms with Gasteiger partial charge in [0.1, 0.15) is 11.5 Å². The number of hydrogen-bond acceptors (Lipinski definition) is 5. The van der Waals surface area contributed by atoms with Crippen molar-refractivity contribution in [2.75, 3.05) is 5.32 Å². The standard InChI is InChI=1S/C23H14BrCl2N3O2S2/c24-14-6-4-13(5-7-14)18-12-33-23(27-18)29-22(32)28-20(30)11-9-15-8-10-19(31-15)16-2-1-3-17(25)21(16)26/h1-12H,(H2,27,28,29,30,32). The second-order valence-corrected chi connectivity index (χ2v) is 9.59. The number of thiazole rings is 1. The van der Waals surface area contributed by atoms with Gasteiger partial charge < -0.3 is 9.73 Å². The molecule has 33 heavy (non-hydrogen) atoms. The number of carbonyl (C=O) groups is 1. The predicted molar refractivity (Wildman–Crippen MR) is 143 cm³/mol. The molecule has 0 radical (unpaired) electrons. The molecule has 0 aliphatic carbocycles. The number of aromatic nitrogens is 1. The number of hydrogen-bond donors (Lipinski definition) is 2. The number of furan rings is 1. The molecule has 0 spiro atoms. The molecule has 2 aromatic heterocycles. The molecule has 166 valence electrons. The normalized spacial score (nSPS) is 11.0. The fraction of sp³-hybridized carbons (Fsp3) is 0. The van der Waals surface area contributed by atoms with Gasteiger partial charge in [0.25, 0.3) is 0 Å². The molecular formula is C23H14BrCl2N3O2S2. The first-order valence-electron chi connectivity index (χ1n) is 9.45. The molecule has 0 saturated carbocycles. The lowest BCUT2D eigenvalue weighted by molar-refractivity contribution is -0.115. The zero-order valence-corrected chi connectivity index (χ0v) is 21.4. The summed E-state index contributed by atoms with van der Waals surface area (Å²) in [6.45, 7) is 0. The molecule has 0 aliphatic rings. The zero-order chi connectivity index (χ0) is 23.4. The van der Waals surface area contributed by atoms with Gasteiger partial charge in [0.05, 0.1) is 15.7 Å². The minimum absolute atomic E-state index is 0.146. The molecule has 4 rings (SSSR count). The first-order chi connectivity index (χ1) is 15.9. The molecule has 0 saturated heterocycles. The lowest BCUT2D eigenvalue weighted by Crippen LogP contribution is -2.32. The highest BCUT2D eigenvalue weighted by molar-refractivity contribution is 9.10. The van der Waals surface area contributed by atoms with Crippen molar-refractivity contribution < 1.29 is 9.21 Å². The van der Waals surface area contributed by atoms with E-state index in [-0.39, 0.29) is 5.11 Å². The van der Waals surface area contributed by atoms with Gasteiger partial charge in [0.2, 0.25) is 5.91 Å². The number of rotatable bonds is 5. The van der Waals surface area contributed by atoms with E-state index in [0.29, 0.717) is 32.3 Å². The number of nitrogens with one attached hydrogen (secondary N) is 2. The van der Waals surface area contributed by atoms with Crippen LogP contribution in [0.2, 0.25) is 10.0 Å². The highest BCUT2D eigenvalue weighted by atomic mass is 79.9. The smallest absolute Gasteiger partial charge is 0.250 e. The number of anilines is 1. The van der Waals surface area contributed by atoms with Gasteiger partial charge in [-0.2, -0.15) is 0 Å². The summed E-state index contributed by atoms with van der Waals surface area (Å²) in [5.41, 5.74) is 2.47. The molecule has 2 aromatic carbocycles. The summed E-state index contributed by atoms with van der Waals surface area (Å²) in [7, 11) is 0. The number of amides is 1. The summed E-state index contributed by atoms with van der Waals surface area (Å²) < 4.78 is 6.74. The van der Waals surface area contributed by atoms with Crippen LogP contribution in [0.4, 0.5) is 5.13 Å². The fourth-order valence-corrected chi connectivity index (χ4v) is 4.45. The second kappa shape index (κ2) is 10.6. The predicted octanol–water partition coefficient (Wildman–Crippen LogP) is 7.67. The maximum Gasteiger partial charge on any atom is 0.250 e. The fourth-order valence-electron chi connectivity index (χ4n) is 2.81. The quantitative estimate of drug-likeness (QED) is 0.188. The van der Waals surface area contributed by atoms with Crippen LogP contribution in [0.15, 0.2) is 74.9 Å². The van der Waals surface area contributed by atoms with Gasteiger partial charge >= 0.3 is 0 Å². The Morgan fingerprint density at radius 2 is 1.91 bits per heavy atom. The van der Waals surface area contributed by atoms with Gasteiger partial charge in [-0.25, -0.2) is 4.98 Å². The Bertz CT molecular complexity index is 1350. The van der Waals surface area contributed by atoms with Crippen molar-refractivity contribution in [3.63, 3.8) is 0 Å². The summed E-state index contributed by atoms with van der Waals surface area (Å²) in [4.78, 5) is 16.7. The zero-order valence-electron chi connectivity index (χ0n) is 16.6. The Hall–Kier alpha value is -2.49. The third-order valence-electron chi connectivity index (χ3n) is 4.34. The number of nitrogens with zero attached hydrogens (tertiary/aromatic N) is 1. The van der Waals surface area contributed by atoms with Crippen molar-refractivity contribution in [2.45, 2.75) is 0 Å². The summed E-state index contributed by atoms with van der Waals surface area (Å²) >= 11 is 22.3. The van der Waals surface area contributed by atoms with Crippen LogP contribution in [0.3, 0.4) is 0 Å². The third-order valence-corrected chi connectivity index (χ3v) is 6.65. The van der Waals surface area contributed by atoms with Crippen LogP contribution < -0.4 is 10.6 Å². The first-order valence-corrected chi connectivity index (χ1v) is 12.3.